The number of benzene rings is 2. The summed E-state index contributed by atoms with van der Waals surface area (Å²) in [4.78, 5) is 24.2. The van der Waals surface area contributed by atoms with Crippen LogP contribution in [0.4, 0.5) is 5.82 Å². The van der Waals surface area contributed by atoms with Gasteiger partial charge >= 0.3 is 0 Å². The molecule has 2 aromatic carbocycles. The van der Waals surface area contributed by atoms with Gasteiger partial charge in [-0.25, -0.2) is 15.0 Å². The van der Waals surface area contributed by atoms with E-state index in [2.05, 4.69) is 22.5 Å². The summed E-state index contributed by atoms with van der Waals surface area (Å²) in [6.07, 6.45) is 1.39. The molecule has 3 heterocycles. The zero-order chi connectivity index (χ0) is 22.1. The first-order valence-corrected chi connectivity index (χ1v) is 11.1. The lowest BCUT2D eigenvalue weighted by Crippen LogP contribution is -2.55. The van der Waals surface area contributed by atoms with E-state index in [4.69, 9.17) is 14.7 Å². The van der Waals surface area contributed by atoms with Crippen molar-refractivity contribution in [1.82, 2.24) is 20.4 Å². The Hall–Kier alpha value is -3.23. The number of ether oxygens (including phenoxy) is 1. The molecule has 166 valence electrons. The van der Waals surface area contributed by atoms with Crippen LogP contribution in [-0.2, 0) is 9.53 Å². The molecule has 2 saturated heterocycles. The minimum Gasteiger partial charge on any atom is -0.507 e. The van der Waals surface area contributed by atoms with Crippen molar-refractivity contribution >= 4 is 22.6 Å². The van der Waals surface area contributed by atoms with Gasteiger partial charge in [0.15, 0.2) is 5.82 Å². The van der Waals surface area contributed by atoms with Gasteiger partial charge in [-0.05, 0) is 49.6 Å². The monoisotopic (exact) mass is 433 g/mol. The molecule has 0 unspecified atom stereocenters. The van der Waals surface area contributed by atoms with Crippen LogP contribution in [0.15, 0.2) is 42.5 Å². The minimum atomic E-state index is -0.330. The van der Waals surface area contributed by atoms with Gasteiger partial charge in [0.25, 0.3) is 5.91 Å². The predicted octanol–water partition coefficient (Wildman–Crippen LogP) is 2.64. The van der Waals surface area contributed by atoms with Crippen molar-refractivity contribution in [1.29, 1.82) is 0 Å². The number of phenolic OH excluding ortho intramolecular Hbond substituents is 1. The molecule has 32 heavy (non-hydrogen) atoms. The second kappa shape index (κ2) is 8.72. The van der Waals surface area contributed by atoms with Crippen LogP contribution < -0.4 is 10.3 Å². The fourth-order valence-corrected chi connectivity index (χ4v) is 4.29. The second-order valence-corrected chi connectivity index (χ2v) is 8.36. The lowest BCUT2D eigenvalue weighted by Gasteiger charge is -2.36. The fourth-order valence-electron chi connectivity index (χ4n) is 4.29. The number of aromatic nitrogens is 2. The van der Waals surface area contributed by atoms with E-state index in [1.807, 2.05) is 30.1 Å². The molecule has 2 aliphatic rings. The molecule has 0 bridgehead atoms. The number of hydrogen-bond acceptors (Lipinski definition) is 7. The number of nitrogens with zero attached hydrogens (tertiary/aromatic N) is 4. The Balaban J connectivity index is 1.40. The van der Waals surface area contributed by atoms with Gasteiger partial charge in [-0.3, -0.25) is 10.2 Å². The Bertz CT molecular complexity index is 1140. The highest BCUT2D eigenvalue weighted by molar-refractivity contribution is 5.92. The smallest absolute Gasteiger partial charge is 0.263 e. The van der Waals surface area contributed by atoms with Crippen molar-refractivity contribution in [2.75, 3.05) is 37.7 Å². The number of hydrogen-bond donors (Lipinski definition) is 2. The summed E-state index contributed by atoms with van der Waals surface area (Å²) >= 11 is 0. The van der Waals surface area contributed by atoms with Gasteiger partial charge in [0.2, 0.25) is 0 Å². The molecule has 0 aliphatic carbocycles. The zero-order valence-corrected chi connectivity index (χ0v) is 18.1. The third kappa shape index (κ3) is 4.11. The molecule has 1 aromatic heterocycles. The van der Waals surface area contributed by atoms with E-state index in [0.717, 1.165) is 35.1 Å². The van der Waals surface area contributed by atoms with Crippen molar-refractivity contribution in [3.63, 3.8) is 0 Å². The summed E-state index contributed by atoms with van der Waals surface area (Å²) < 4.78 is 5.48. The van der Waals surface area contributed by atoms with E-state index in [9.17, 15) is 9.90 Å². The number of fused-ring (bicyclic) bond motifs is 1. The van der Waals surface area contributed by atoms with E-state index in [-0.39, 0.29) is 17.8 Å². The van der Waals surface area contributed by atoms with Crippen LogP contribution in [0, 0.1) is 6.92 Å². The fraction of sp³-hybridized carbons (Fsp3) is 0.375. The molecule has 2 fully saturated rings. The van der Waals surface area contributed by atoms with Gasteiger partial charge in [0.05, 0.1) is 11.1 Å². The first kappa shape index (κ1) is 20.7. The lowest BCUT2D eigenvalue weighted by atomic mass is 10.1. The Kier molecular flexibility index (Phi) is 5.63. The number of phenols is 1. The molecule has 0 spiro atoms. The number of para-hydroxylation sites is 1. The van der Waals surface area contributed by atoms with Gasteiger partial charge in [0.1, 0.15) is 17.7 Å². The second-order valence-electron chi connectivity index (χ2n) is 8.36. The molecule has 5 rings (SSSR count). The predicted molar refractivity (Wildman–Crippen MR) is 122 cm³/mol. The largest absolute Gasteiger partial charge is 0.507 e. The van der Waals surface area contributed by atoms with Crippen LogP contribution in [0.5, 0.6) is 5.75 Å². The molecular formula is C24H27N5O3. The first-order chi connectivity index (χ1) is 15.6. The number of aryl methyl sites for hydroxylation is 1. The summed E-state index contributed by atoms with van der Waals surface area (Å²) in [6.45, 7) is 5.49. The SMILES string of the molecule is Cc1ccc2c(N3CCN(NC(=O)[C@H]4CCCO4)CC3)nc(-c3ccccc3O)nc2c1. The number of rotatable bonds is 4. The van der Waals surface area contributed by atoms with Crippen LogP contribution >= 0.6 is 0 Å². The topological polar surface area (TPSA) is 90.8 Å². The van der Waals surface area contributed by atoms with Gasteiger partial charge in [-0.2, -0.15) is 0 Å². The Morgan fingerprint density at radius 3 is 2.69 bits per heavy atom. The molecular weight excluding hydrogens is 406 g/mol. The highest BCUT2D eigenvalue weighted by Gasteiger charge is 2.27. The van der Waals surface area contributed by atoms with Crippen LogP contribution in [0.1, 0.15) is 18.4 Å². The maximum absolute atomic E-state index is 12.4. The van der Waals surface area contributed by atoms with Crippen LogP contribution in [0.25, 0.3) is 22.3 Å². The van der Waals surface area contributed by atoms with Gasteiger partial charge in [0, 0.05) is 38.2 Å². The molecule has 0 radical (unpaired) electrons. The standard InChI is InChI=1S/C24H27N5O3/c1-16-8-9-17-19(15-16)25-22(18-5-2-3-6-20(18)30)26-23(17)28-10-12-29(13-11-28)27-24(31)21-7-4-14-32-21/h2-3,5-6,8-9,15,21,30H,4,7,10-14H2,1H3,(H,27,31)/t21-/m1/s1. The Morgan fingerprint density at radius 2 is 1.94 bits per heavy atom. The third-order valence-corrected chi connectivity index (χ3v) is 6.05. The van der Waals surface area contributed by atoms with E-state index in [1.165, 1.54) is 0 Å². The van der Waals surface area contributed by atoms with Crippen molar-refractivity contribution in [2.45, 2.75) is 25.9 Å². The van der Waals surface area contributed by atoms with Gasteiger partial charge in [-0.15, -0.1) is 0 Å². The average molecular weight is 434 g/mol. The number of nitrogens with one attached hydrogen (secondary N) is 1. The summed E-state index contributed by atoms with van der Waals surface area (Å²) in [5.41, 5.74) is 5.58. The summed E-state index contributed by atoms with van der Waals surface area (Å²) in [6, 6.07) is 13.3. The quantitative estimate of drug-likeness (QED) is 0.654. The molecule has 1 amide bonds. The Morgan fingerprint density at radius 1 is 1.12 bits per heavy atom. The molecule has 8 nitrogen and oxygen atoms in total. The van der Waals surface area contributed by atoms with Crippen molar-refractivity contribution < 1.29 is 14.6 Å². The lowest BCUT2D eigenvalue weighted by molar-refractivity contribution is -0.135. The van der Waals surface area contributed by atoms with Gasteiger partial charge < -0.3 is 14.7 Å². The van der Waals surface area contributed by atoms with E-state index in [1.54, 1.807) is 12.1 Å². The van der Waals surface area contributed by atoms with Crippen LogP contribution in [0.3, 0.4) is 0 Å². The number of piperazine rings is 1. The molecule has 1 atom stereocenters. The molecule has 3 aromatic rings. The summed E-state index contributed by atoms with van der Waals surface area (Å²) in [5.74, 6) is 1.46. The normalized spacial score (nSPS) is 19.4. The number of anilines is 1. The van der Waals surface area contributed by atoms with E-state index >= 15 is 0 Å². The number of hydrazine groups is 1. The van der Waals surface area contributed by atoms with Crippen molar-refractivity contribution in [3.8, 4) is 17.1 Å². The summed E-state index contributed by atoms with van der Waals surface area (Å²) in [7, 11) is 0. The maximum Gasteiger partial charge on any atom is 0.263 e. The Labute approximate surface area is 186 Å². The number of carbonyl (C=O) groups excluding carboxylic acids is 1. The third-order valence-electron chi connectivity index (χ3n) is 6.05. The average Bonchev–Trinajstić information content (AvgIpc) is 3.34. The number of carbonyl (C=O) groups is 1. The minimum absolute atomic E-state index is 0.0549. The zero-order valence-electron chi connectivity index (χ0n) is 18.1. The summed E-state index contributed by atoms with van der Waals surface area (Å²) in [5, 5.41) is 13.3. The van der Waals surface area contributed by atoms with Gasteiger partial charge in [-0.1, -0.05) is 18.2 Å². The first-order valence-electron chi connectivity index (χ1n) is 11.1. The number of amides is 1. The van der Waals surface area contributed by atoms with Crippen molar-refractivity contribution in [3.05, 3.63) is 48.0 Å². The van der Waals surface area contributed by atoms with E-state index < -0.39 is 0 Å². The molecule has 2 N–H and O–H groups in total. The highest BCUT2D eigenvalue weighted by Crippen LogP contribution is 2.32. The van der Waals surface area contributed by atoms with Crippen LogP contribution in [0.2, 0.25) is 0 Å². The maximum atomic E-state index is 12.4. The molecule has 2 aliphatic heterocycles. The van der Waals surface area contributed by atoms with E-state index in [0.29, 0.717) is 44.2 Å². The number of aromatic hydroxyl groups is 1. The highest BCUT2D eigenvalue weighted by atomic mass is 16.5. The van der Waals surface area contributed by atoms with Crippen LogP contribution in [-0.4, -0.2) is 64.9 Å². The molecule has 8 heteroatoms. The van der Waals surface area contributed by atoms with Crippen molar-refractivity contribution in [2.24, 2.45) is 0 Å². The molecule has 0 saturated carbocycles.